The third kappa shape index (κ3) is 57.1. The first-order chi connectivity index (χ1) is 35.0. The summed E-state index contributed by atoms with van der Waals surface area (Å²) in [4.78, 5) is 38.1. The molecule has 0 aliphatic heterocycles. The van der Waals surface area contributed by atoms with Gasteiger partial charge in [0.1, 0.15) is 13.2 Å². The second kappa shape index (κ2) is 58.9. The molecule has 0 aromatic carbocycles. The van der Waals surface area contributed by atoms with Gasteiger partial charge in [-0.15, -0.1) is 0 Å². The summed E-state index contributed by atoms with van der Waals surface area (Å²) in [5, 5.41) is 0. The summed E-state index contributed by atoms with van der Waals surface area (Å²) in [6, 6.07) is 0. The van der Waals surface area contributed by atoms with E-state index in [-0.39, 0.29) is 31.1 Å². The van der Waals surface area contributed by atoms with Crippen molar-refractivity contribution in [1.82, 2.24) is 0 Å². The highest BCUT2D eigenvalue weighted by molar-refractivity contribution is 5.71. The van der Waals surface area contributed by atoms with Crippen LogP contribution in [0, 0.1) is 0 Å². The van der Waals surface area contributed by atoms with E-state index in [0.717, 1.165) is 128 Å². The minimum absolute atomic E-state index is 0.0839. The maximum Gasteiger partial charge on any atom is 0.306 e. The molecule has 0 rings (SSSR count). The van der Waals surface area contributed by atoms with Crippen LogP contribution in [0.3, 0.4) is 0 Å². The second-order valence-corrected chi connectivity index (χ2v) is 19.5. The maximum absolute atomic E-state index is 12.8. The average molecular weight is 988 g/mol. The molecule has 0 aromatic heterocycles. The Morgan fingerprint density at radius 3 is 0.887 bits per heavy atom. The fourth-order valence-corrected chi connectivity index (χ4v) is 8.12. The molecule has 0 saturated carbocycles. The molecule has 0 aliphatic carbocycles. The number of esters is 3. The summed E-state index contributed by atoms with van der Waals surface area (Å²) < 4.78 is 16.8. The third-order valence-corrected chi connectivity index (χ3v) is 12.6. The van der Waals surface area contributed by atoms with Crippen LogP contribution in [0.5, 0.6) is 0 Å². The first-order valence-electron chi connectivity index (χ1n) is 29.7. The predicted molar refractivity (Wildman–Crippen MR) is 307 cm³/mol. The van der Waals surface area contributed by atoms with E-state index in [1.165, 1.54) is 109 Å². The number of unbranched alkanes of at least 4 members (excludes halogenated alkanes) is 26. The van der Waals surface area contributed by atoms with Gasteiger partial charge < -0.3 is 14.2 Å². The SMILES string of the molecule is CC/C=C\C/C=C\C/C=C\C/C=C\C/C=C\C/C=C\CCCCCCCCCCC(=O)OCC(COC(=O)CCCCCCCCCCCCC)OC(=O)CCCCCCC/C=C\C/C=C\CCCCC. The molecule has 406 valence electrons. The lowest BCUT2D eigenvalue weighted by Crippen LogP contribution is -2.30. The quantitative estimate of drug-likeness (QED) is 0.0261. The molecule has 0 saturated heterocycles. The fourth-order valence-electron chi connectivity index (χ4n) is 8.12. The molecule has 71 heavy (non-hydrogen) atoms. The van der Waals surface area contributed by atoms with Gasteiger partial charge in [-0.3, -0.25) is 14.4 Å². The van der Waals surface area contributed by atoms with Gasteiger partial charge in [0.15, 0.2) is 6.10 Å². The molecule has 0 aliphatic rings. The summed E-state index contributed by atoms with van der Waals surface area (Å²) in [6.45, 7) is 6.48. The number of carbonyl (C=O) groups excluding carboxylic acids is 3. The van der Waals surface area contributed by atoms with Crippen molar-refractivity contribution in [2.24, 2.45) is 0 Å². The van der Waals surface area contributed by atoms with E-state index in [4.69, 9.17) is 14.2 Å². The Morgan fingerprint density at radius 1 is 0.296 bits per heavy atom. The van der Waals surface area contributed by atoms with Gasteiger partial charge in [0, 0.05) is 19.3 Å². The highest BCUT2D eigenvalue weighted by atomic mass is 16.6. The molecule has 6 nitrogen and oxygen atoms in total. The molecule has 6 heteroatoms. The molecule has 0 N–H and O–H groups in total. The van der Waals surface area contributed by atoms with E-state index in [1.54, 1.807) is 0 Å². The smallest absolute Gasteiger partial charge is 0.306 e. The Morgan fingerprint density at radius 2 is 0.549 bits per heavy atom. The molecule has 0 radical (unpaired) electrons. The van der Waals surface area contributed by atoms with Crippen molar-refractivity contribution in [2.45, 2.75) is 284 Å². The molecular weight excluding hydrogens is 877 g/mol. The van der Waals surface area contributed by atoms with Crippen LogP contribution in [-0.4, -0.2) is 37.2 Å². The van der Waals surface area contributed by atoms with Crippen LogP contribution >= 0.6 is 0 Å². The second-order valence-electron chi connectivity index (χ2n) is 19.5. The molecular formula is C65H110O6. The summed E-state index contributed by atoms with van der Waals surface area (Å²) in [7, 11) is 0. The summed E-state index contributed by atoms with van der Waals surface area (Å²) in [5.74, 6) is -0.903. The summed E-state index contributed by atoms with van der Waals surface area (Å²) in [6.07, 6.45) is 78.3. The Labute approximate surface area is 438 Å². The first-order valence-corrected chi connectivity index (χ1v) is 29.7. The number of hydrogen-bond acceptors (Lipinski definition) is 6. The lowest BCUT2D eigenvalue weighted by Gasteiger charge is -2.18. The standard InChI is InChI=1S/C65H110O6/c1-4-7-10-13-16-19-22-24-26-27-28-29-30-31-32-33-34-35-36-37-39-40-43-46-49-52-55-58-64(67)70-61-62(60-69-63(66)57-54-51-48-45-42-21-18-15-12-9-6-3)71-65(68)59-56-53-50-47-44-41-38-25-23-20-17-14-11-8-5-2/h7,10,16-17,19-20,24-26,28-29,31-32,34-35,38,62H,4-6,8-9,11-15,18,21-23,27,30,33,36-37,39-61H2,1-3H3/b10-7-,19-16-,20-17-,26-24-,29-28-,32-31-,35-34-,38-25-. The minimum atomic E-state index is -0.787. The van der Waals surface area contributed by atoms with Gasteiger partial charge in [-0.1, -0.05) is 253 Å². The largest absolute Gasteiger partial charge is 0.462 e. The zero-order chi connectivity index (χ0) is 51.4. The summed E-state index contributed by atoms with van der Waals surface area (Å²) in [5.41, 5.74) is 0. The van der Waals surface area contributed by atoms with E-state index in [1.807, 2.05) is 0 Å². The van der Waals surface area contributed by atoms with Crippen molar-refractivity contribution in [3.05, 3.63) is 97.2 Å². The normalized spacial score (nSPS) is 12.8. The van der Waals surface area contributed by atoms with E-state index in [9.17, 15) is 14.4 Å². The molecule has 0 fully saturated rings. The monoisotopic (exact) mass is 987 g/mol. The molecule has 0 spiro atoms. The van der Waals surface area contributed by atoms with Crippen molar-refractivity contribution in [3.63, 3.8) is 0 Å². The topological polar surface area (TPSA) is 78.9 Å². The molecule has 1 atom stereocenters. The lowest BCUT2D eigenvalue weighted by molar-refractivity contribution is -0.167. The van der Waals surface area contributed by atoms with Gasteiger partial charge in [0.25, 0.3) is 0 Å². The van der Waals surface area contributed by atoms with Gasteiger partial charge in [0.05, 0.1) is 0 Å². The number of hydrogen-bond donors (Lipinski definition) is 0. The Bertz CT molecular complexity index is 1410. The molecule has 0 aromatic rings. The van der Waals surface area contributed by atoms with Gasteiger partial charge in [-0.05, 0) is 103 Å². The van der Waals surface area contributed by atoms with E-state index in [0.29, 0.717) is 19.3 Å². The predicted octanol–water partition coefficient (Wildman–Crippen LogP) is 20.1. The zero-order valence-electron chi connectivity index (χ0n) is 46.5. The molecule has 0 heterocycles. The van der Waals surface area contributed by atoms with E-state index < -0.39 is 6.10 Å². The van der Waals surface area contributed by atoms with Crippen LogP contribution in [0.15, 0.2) is 97.2 Å². The molecule has 0 amide bonds. The fraction of sp³-hybridized carbons (Fsp3) is 0.708. The van der Waals surface area contributed by atoms with E-state index in [2.05, 4.69) is 118 Å². The van der Waals surface area contributed by atoms with Gasteiger partial charge in [-0.2, -0.15) is 0 Å². The van der Waals surface area contributed by atoms with Crippen molar-refractivity contribution in [3.8, 4) is 0 Å². The van der Waals surface area contributed by atoms with Crippen molar-refractivity contribution in [1.29, 1.82) is 0 Å². The first kappa shape index (κ1) is 67.3. The van der Waals surface area contributed by atoms with Gasteiger partial charge in [0.2, 0.25) is 0 Å². The van der Waals surface area contributed by atoms with Crippen LogP contribution in [0.1, 0.15) is 278 Å². The van der Waals surface area contributed by atoms with Crippen LogP contribution in [0.25, 0.3) is 0 Å². The van der Waals surface area contributed by atoms with Crippen molar-refractivity contribution in [2.75, 3.05) is 13.2 Å². The highest BCUT2D eigenvalue weighted by Crippen LogP contribution is 2.15. The minimum Gasteiger partial charge on any atom is -0.462 e. The summed E-state index contributed by atoms with van der Waals surface area (Å²) >= 11 is 0. The van der Waals surface area contributed by atoms with Crippen LogP contribution in [0.4, 0.5) is 0 Å². The van der Waals surface area contributed by atoms with Gasteiger partial charge in [-0.25, -0.2) is 0 Å². The maximum atomic E-state index is 12.8. The van der Waals surface area contributed by atoms with E-state index >= 15 is 0 Å². The number of carbonyl (C=O) groups is 3. The van der Waals surface area contributed by atoms with Crippen molar-refractivity contribution >= 4 is 17.9 Å². The average Bonchev–Trinajstić information content (AvgIpc) is 3.37. The Balaban J connectivity index is 4.30. The number of rotatable bonds is 53. The van der Waals surface area contributed by atoms with Crippen molar-refractivity contribution < 1.29 is 28.6 Å². The number of allylic oxidation sites excluding steroid dienone is 16. The van der Waals surface area contributed by atoms with Crippen LogP contribution in [-0.2, 0) is 28.6 Å². The zero-order valence-corrected chi connectivity index (χ0v) is 46.5. The number of ether oxygens (including phenoxy) is 3. The highest BCUT2D eigenvalue weighted by Gasteiger charge is 2.19. The molecule has 1 unspecified atom stereocenters. The Kier molecular flexibility index (Phi) is 55.9. The Hall–Kier alpha value is -3.67. The van der Waals surface area contributed by atoms with Crippen LogP contribution in [0.2, 0.25) is 0 Å². The lowest BCUT2D eigenvalue weighted by atomic mass is 10.1. The van der Waals surface area contributed by atoms with Crippen LogP contribution < -0.4 is 0 Å². The third-order valence-electron chi connectivity index (χ3n) is 12.6. The molecule has 0 bridgehead atoms. The van der Waals surface area contributed by atoms with Gasteiger partial charge >= 0.3 is 17.9 Å².